The smallest absolute Gasteiger partial charge is 0.247 e. The van der Waals surface area contributed by atoms with Crippen molar-refractivity contribution in [3.63, 3.8) is 0 Å². The Kier molecular flexibility index (Phi) is 8.14. The molecule has 1 aromatic carbocycles. The van der Waals surface area contributed by atoms with Crippen LogP contribution in [0.2, 0.25) is 0 Å². The maximum atomic E-state index is 13.2. The topological polar surface area (TPSA) is 119 Å². The number of benzene rings is 1. The minimum Gasteiger partial charge on any atom is -0.497 e. The number of anilines is 1. The SMILES string of the molecule is COc1ccc(OC)c(NC(=NC2CCCCN(CC(=O)N3CCCC3)C2=O)NC#N)c1. The number of carbonyl (C=O) groups is 2. The van der Waals surface area contributed by atoms with Gasteiger partial charge in [0.05, 0.1) is 26.5 Å². The predicted octanol–water partition coefficient (Wildman–Crippen LogP) is 1.55. The van der Waals surface area contributed by atoms with Crippen molar-refractivity contribution in [3.8, 4) is 17.7 Å². The first-order chi connectivity index (χ1) is 15.5. The molecule has 2 saturated heterocycles. The normalized spacial score (nSPS) is 19.2. The number of methoxy groups -OCH3 is 2. The summed E-state index contributed by atoms with van der Waals surface area (Å²) < 4.78 is 10.6. The number of nitrogens with one attached hydrogen (secondary N) is 2. The average molecular weight is 443 g/mol. The zero-order chi connectivity index (χ0) is 22.9. The van der Waals surface area contributed by atoms with Crippen LogP contribution in [0.3, 0.4) is 0 Å². The third-order valence-electron chi connectivity index (χ3n) is 5.66. The summed E-state index contributed by atoms with van der Waals surface area (Å²) >= 11 is 0. The van der Waals surface area contributed by atoms with Crippen LogP contribution >= 0.6 is 0 Å². The average Bonchev–Trinajstić information content (AvgIpc) is 3.29. The first kappa shape index (κ1) is 23.2. The molecule has 1 aromatic rings. The van der Waals surface area contributed by atoms with Crippen LogP contribution in [0.25, 0.3) is 0 Å². The summed E-state index contributed by atoms with van der Waals surface area (Å²) in [6.07, 6.45) is 6.03. The lowest BCUT2D eigenvalue weighted by molar-refractivity contribution is -0.140. The highest BCUT2D eigenvalue weighted by Crippen LogP contribution is 2.29. The van der Waals surface area contributed by atoms with Crippen LogP contribution in [0, 0.1) is 11.5 Å². The molecule has 2 amide bonds. The lowest BCUT2D eigenvalue weighted by atomic mass is 10.1. The molecule has 2 N–H and O–H groups in total. The maximum absolute atomic E-state index is 13.2. The van der Waals surface area contributed by atoms with Crippen molar-refractivity contribution >= 4 is 23.5 Å². The summed E-state index contributed by atoms with van der Waals surface area (Å²) in [6.45, 7) is 2.11. The molecule has 0 spiro atoms. The Bertz CT molecular complexity index is 891. The van der Waals surface area contributed by atoms with Gasteiger partial charge >= 0.3 is 0 Å². The van der Waals surface area contributed by atoms with Gasteiger partial charge in [-0.05, 0) is 44.2 Å². The number of hydrogen-bond donors (Lipinski definition) is 2. The van der Waals surface area contributed by atoms with E-state index in [0.717, 1.165) is 38.8 Å². The fourth-order valence-electron chi connectivity index (χ4n) is 3.94. The monoisotopic (exact) mass is 442 g/mol. The van der Waals surface area contributed by atoms with Crippen LogP contribution in [0.1, 0.15) is 32.1 Å². The number of nitriles is 1. The van der Waals surface area contributed by atoms with Gasteiger partial charge in [-0.1, -0.05) is 0 Å². The van der Waals surface area contributed by atoms with Crippen molar-refractivity contribution in [2.24, 2.45) is 4.99 Å². The van der Waals surface area contributed by atoms with E-state index in [9.17, 15) is 14.9 Å². The summed E-state index contributed by atoms with van der Waals surface area (Å²) in [7, 11) is 3.09. The minimum absolute atomic E-state index is 0.0184. The molecular weight excluding hydrogens is 412 g/mol. The molecule has 2 heterocycles. The van der Waals surface area contributed by atoms with Gasteiger partial charge in [-0.15, -0.1) is 0 Å². The summed E-state index contributed by atoms with van der Waals surface area (Å²) in [4.78, 5) is 33.7. The van der Waals surface area contributed by atoms with Gasteiger partial charge in [0.1, 0.15) is 17.5 Å². The second kappa shape index (κ2) is 11.2. The third-order valence-corrected chi connectivity index (χ3v) is 5.66. The molecule has 0 radical (unpaired) electrons. The Labute approximate surface area is 188 Å². The highest BCUT2D eigenvalue weighted by molar-refractivity contribution is 5.98. The molecule has 1 atom stereocenters. The molecule has 0 saturated carbocycles. The summed E-state index contributed by atoms with van der Waals surface area (Å²) in [6, 6.07) is 4.50. The van der Waals surface area contributed by atoms with E-state index >= 15 is 0 Å². The van der Waals surface area contributed by atoms with Gasteiger partial charge in [0.2, 0.25) is 17.8 Å². The standard InChI is InChI=1S/C22H30N6O4/c1-31-16-8-9-19(32-2)18(13-16)26-22(24-15-23)25-17-7-3-4-12-28(21(17)30)14-20(29)27-10-5-6-11-27/h8-9,13,17H,3-7,10-12,14H2,1-2H3,(H2,24,25,26). The molecule has 172 valence electrons. The van der Waals surface area contributed by atoms with E-state index in [1.807, 2.05) is 11.1 Å². The van der Waals surface area contributed by atoms with E-state index in [2.05, 4.69) is 15.6 Å². The van der Waals surface area contributed by atoms with Gasteiger partial charge in [-0.25, -0.2) is 4.99 Å². The molecule has 2 fully saturated rings. The van der Waals surface area contributed by atoms with Crippen molar-refractivity contribution in [1.82, 2.24) is 15.1 Å². The summed E-state index contributed by atoms with van der Waals surface area (Å²) in [5.41, 5.74) is 0.537. The maximum Gasteiger partial charge on any atom is 0.247 e. The van der Waals surface area contributed by atoms with Crippen molar-refractivity contribution in [2.75, 3.05) is 45.7 Å². The molecular formula is C22H30N6O4. The van der Waals surface area contributed by atoms with E-state index in [1.54, 1.807) is 30.2 Å². The van der Waals surface area contributed by atoms with E-state index in [-0.39, 0.29) is 24.3 Å². The first-order valence-corrected chi connectivity index (χ1v) is 10.8. The van der Waals surface area contributed by atoms with Crippen LogP contribution in [-0.4, -0.2) is 74.0 Å². The Morgan fingerprint density at radius 3 is 2.62 bits per heavy atom. The predicted molar refractivity (Wildman–Crippen MR) is 119 cm³/mol. The Morgan fingerprint density at radius 2 is 1.94 bits per heavy atom. The van der Waals surface area contributed by atoms with Crippen molar-refractivity contribution in [1.29, 1.82) is 5.26 Å². The summed E-state index contributed by atoms with van der Waals surface area (Å²) in [5, 5.41) is 14.7. The van der Waals surface area contributed by atoms with Crippen LogP contribution in [0.5, 0.6) is 11.5 Å². The van der Waals surface area contributed by atoms with Gasteiger partial charge in [-0.3, -0.25) is 14.9 Å². The van der Waals surface area contributed by atoms with Gasteiger partial charge in [-0.2, -0.15) is 5.26 Å². The lowest BCUT2D eigenvalue weighted by Crippen LogP contribution is -2.45. The second-order valence-corrected chi connectivity index (χ2v) is 7.76. The molecule has 1 unspecified atom stereocenters. The van der Waals surface area contributed by atoms with Crippen molar-refractivity contribution in [2.45, 2.75) is 38.1 Å². The fourth-order valence-corrected chi connectivity index (χ4v) is 3.94. The van der Waals surface area contributed by atoms with Gasteiger partial charge < -0.3 is 24.6 Å². The Hall–Kier alpha value is -3.48. The quantitative estimate of drug-likeness (QED) is 0.297. The van der Waals surface area contributed by atoms with Crippen LogP contribution in [0.4, 0.5) is 5.69 Å². The zero-order valence-electron chi connectivity index (χ0n) is 18.6. The number of hydrogen-bond acceptors (Lipinski definition) is 6. The van der Waals surface area contributed by atoms with Crippen LogP contribution in [0.15, 0.2) is 23.2 Å². The van der Waals surface area contributed by atoms with E-state index in [0.29, 0.717) is 30.2 Å². The molecule has 0 bridgehead atoms. The Morgan fingerprint density at radius 1 is 1.19 bits per heavy atom. The van der Waals surface area contributed by atoms with Crippen molar-refractivity contribution in [3.05, 3.63) is 18.2 Å². The van der Waals surface area contributed by atoms with E-state index in [1.165, 1.54) is 7.11 Å². The molecule has 2 aliphatic heterocycles. The molecule has 10 heteroatoms. The molecule has 3 rings (SSSR count). The van der Waals surface area contributed by atoms with Crippen LogP contribution < -0.4 is 20.1 Å². The van der Waals surface area contributed by atoms with Crippen molar-refractivity contribution < 1.29 is 19.1 Å². The van der Waals surface area contributed by atoms with Gasteiger partial charge in [0.15, 0.2) is 6.19 Å². The van der Waals surface area contributed by atoms with Gasteiger partial charge in [0.25, 0.3) is 0 Å². The fraction of sp³-hybridized carbons (Fsp3) is 0.545. The largest absolute Gasteiger partial charge is 0.497 e. The summed E-state index contributed by atoms with van der Waals surface area (Å²) in [5.74, 6) is 1.04. The van der Waals surface area contributed by atoms with E-state index in [4.69, 9.17) is 9.47 Å². The number of ether oxygens (including phenoxy) is 2. The number of rotatable bonds is 6. The first-order valence-electron chi connectivity index (χ1n) is 10.8. The number of guanidine groups is 1. The molecule has 0 aliphatic carbocycles. The number of likely N-dealkylation sites (tertiary alicyclic amines) is 2. The Balaban J connectivity index is 1.78. The number of aliphatic imine (C=N–C) groups is 1. The minimum atomic E-state index is -0.691. The van der Waals surface area contributed by atoms with Gasteiger partial charge in [0, 0.05) is 25.7 Å². The number of nitrogens with zero attached hydrogens (tertiary/aromatic N) is 4. The molecule has 32 heavy (non-hydrogen) atoms. The number of carbonyl (C=O) groups excluding carboxylic acids is 2. The highest BCUT2D eigenvalue weighted by Gasteiger charge is 2.30. The lowest BCUT2D eigenvalue weighted by Gasteiger charge is -2.25. The van der Waals surface area contributed by atoms with Crippen LogP contribution in [-0.2, 0) is 9.59 Å². The molecule has 10 nitrogen and oxygen atoms in total. The molecule has 0 aromatic heterocycles. The molecule has 2 aliphatic rings. The van der Waals surface area contributed by atoms with E-state index < -0.39 is 6.04 Å². The second-order valence-electron chi connectivity index (χ2n) is 7.76. The number of amides is 2. The third kappa shape index (κ3) is 5.81. The highest BCUT2D eigenvalue weighted by atomic mass is 16.5. The zero-order valence-corrected chi connectivity index (χ0v) is 18.6.